The standard InChI is InChI=1S/C13H20N2O4S/c1-15-9-11(8-12(15)13(16)17)20(18,19)14-10-6-4-2-3-5-7-10/h8-10,14H,2-7H2,1H3,(H,16,17). The van der Waals surface area contributed by atoms with Gasteiger partial charge in [0, 0.05) is 19.3 Å². The number of sulfonamides is 1. The van der Waals surface area contributed by atoms with Crippen LogP contribution in [0.15, 0.2) is 17.2 Å². The van der Waals surface area contributed by atoms with Gasteiger partial charge in [-0.3, -0.25) is 0 Å². The van der Waals surface area contributed by atoms with Crippen LogP contribution in [0.1, 0.15) is 49.0 Å². The van der Waals surface area contributed by atoms with Crippen molar-refractivity contribution in [2.45, 2.75) is 49.5 Å². The molecule has 0 aromatic carbocycles. The molecule has 0 saturated heterocycles. The van der Waals surface area contributed by atoms with Gasteiger partial charge in [-0.15, -0.1) is 0 Å². The van der Waals surface area contributed by atoms with Crippen molar-refractivity contribution >= 4 is 16.0 Å². The van der Waals surface area contributed by atoms with Crippen LogP contribution in [0.25, 0.3) is 0 Å². The molecule has 0 radical (unpaired) electrons. The summed E-state index contributed by atoms with van der Waals surface area (Å²) in [6, 6.07) is 1.15. The van der Waals surface area contributed by atoms with Crippen molar-refractivity contribution in [2.75, 3.05) is 0 Å². The minimum absolute atomic E-state index is 0.0154. The zero-order chi connectivity index (χ0) is 14.8. The summed E-state index contributed by atoms with van der Waals surface area (Å²) in [5, 5.41) is 8.97. The first-order valence-electron chi connectivity index (χ1n) is 6.82. The van der Waals surface area contributed by atoms with E-state index in [2.05, 4.69) is 4.72 Å². The third-order valence-corrected chi connectivity index (χ3v) is 5.17. The van der Waals surface area contributed by atoms with Crippen molar-refractivity contribution < 1.29 is 18.3 Å². The average Bonchev–Trinajstić information content (AvgIpc) is 2.59. The highest BCUT2D eigenvalue weighted by Crippen LogP contribution is 2.20. The Morgan fingerprint density at radius 2 is 1.90 bits per heavy atom. The lowest BCUT2D eigenvalue weighted by molar-refractivity contribution is 0.0686. The number of rotatable bonds is 4. The van der Waals surface area contributed by atoms with Crippen LogP contribution in [0.2, 0.25) is 0 Å². The van der Waals surface area contributed by atoms with E-state index >= 15 is 0 Å². The van der Waals surface area contributed by atoms with E-state index in [1.54, 1.807) is 0 Å². The third kappa shape index (κ3) is 3.40. The van der Waals surface area contributed by atoms with Crippen LogP contribution < -0.4 is 4.72 Å². The molecule has 0 amide bonds. The second-order valence-corrected chi connectivity index (χ2v) is 7.00. The monoisotopic (exact) mass is 300 g/mol. The molecule has 7 heteroatoms. The lowest BCUT2D eigenvalue weighted by Crippen LogP contribution is -2.34. The normalized spacial score (nSPS) is 17.9. The van der Waals surface area contributed by atoms with Gasteiger partial charge in [-0.2, -0.15) is 0 Å². The highest BCUT2D eigenvalue weighted by atomic mass is 32.2. The SMILES string of the molecule is Cn1cc(S(=O)(=O)NC2CCCCCC2)cc1C(=O)O. The number of nitrogens with one attached hydrogen (secondary N) is 1. The number of nitrogens with zero attached hydrogens (tertiary/aromatic N) is 1. The number of hydrogen-bond donors (Lipinski definition) is 2. The minimum atomic E-state index is -3.65. The number of aromatic carboxylic acids is 1. The molecule has 2 rings (SSSR count). The van der Waals surface area contributed by atoms with Gasteiger partial charge in [-0.25, -0.2) is 17.9 Å². The van der Waals surface area contributed by atoms with Gasteiger partial charge in [-0.05, 0) is 18.9 Å². The maximum atomic E-state index is 12.3. The number of aromatic nitrogens is 1. The summed E-state index contributed by atoms with van der Waals surface area (Å²) in [7, 11) is -2.12. The van der Waals surface area contributed by atoms with Crippen LogP contribution in [-0.4, -0.2) is 30.1 Å². The van der Waals surface area contributed by atoms with Crippen LogP contribution in [0, 0.1) is 0 Å². The largest absolute Gasteiger partial charge is 0.477 e. The van der Waals surface area contributed by atoms with E-state index in [1.165, 1.54) is 23.9 Å². The Bertz CT molecular complexity index is 584. The number of carboxylic acids is 1. The van der Waals surface area contributed by atoms with Crippen molar-refractivity contribution in [1.29, 1.82) is 0 Å². The number of hydrogen-bond acceptors (Lipinski definition) is 3. The average molecular weight is 300 g/mol. The quantitative estimate of drug-likeness (QED) is 0.829. The Morgan fingerprint density at radius 3 is 2.40 bits per heavy atom. The van der Waals surface area contributed by atoms with Crippen molar-refractivity contribution in [3.63, 3.8) is 0 Å². The van der Waals surface area contributed by atoms with E-state index in [0.717, 1.165) is 38.5 Å². The third-order valence-electron chi connectivity index (χ3n) is 3.69. The summed E-state index contributed by atoms with van der Waals surface area (Å²) in [4.78, 5) is 11.0. The Morgan fingerprint density at radius 1 is 1.30 bits per heavy atom. The highest BCUT2D eigenvalue weighted by molar-refractivity contribution is 7.89. The van der Waals surface area contributed by atoms with Crippen LogP contribution in [0.5, 0.6) is 0 Å². The van der Waals surface area contributed by atoms with Crippen LogP contribution >= 0.6 is 0 Å². The molecule has 20 heavy (non-hydrogen) atoms. The lowest BCUT2D eigenvalue weighted by Gasteiger charge is -2.15. The lowest BCUT2D eigenvalue weighted by atomic mass is 10.1. The molecule has 6 nitrogen and oxygen atoms in total. The Hall–Kier alpha value is -1.34. The van der Waals surface area contributed by atoms with Gasteiger partial charge in [-0.1, -0.05) is 25.7 Å². The molecule has 2 N–H and O–H groups in total. The first-order chi connectivity index (χ1) is 9.40. The highest BCUT2D eigenvalue weighted by Gasteiger charge is 2.24. The first kappa shape index (κ1) is 15.1. The van der Waals surface area contributed by atoms with Gasteiger partial charge in [0.2, 0.25) is 10.0 Å². The van der Waals surface area contributed by atoms with Crippen LogP contribution in [0.4, 0.5) is 0 Å². The van der Waals surface area contributed by atoms with E-state index in [9.17, 15) is 13.2 Å². The Balaban J connectivity index is 2.17. The van der Waals surface area contributed by atoms with Crippen LogP contribution in [-0.2, 0) is 17.1 Å². The molecular weight excluding hydrogens is 280 g/mol. The second kappa shape index (κ2) is 5.97. The molecule has 0 atom stereocenters. The van der Waals surface area contributed by atoms with Gasteiger partial charge >= 0.3 is 5.97 Å². The predicted octanol–water partition coefficient (Wildman–Crippen LogP) is 1.72. The summed E-state index contributed by atoms with van der Waals surface area (Å²) in [6.07, 6.45) is 7.38. The first-order valence-corrected chi connectivity index (χ1v) is 8.30. The van der Waals surface area contributed by atoms with E-state index in [4.69, 9.17) is 5.11 Å². The van der Waals surface area contributed by atoms with Crippen LogP contribution in [0.3, 0.4) is 0 Å². The fourth-order valence-electron chi connectivity index (χ4n) is 2.58. The van der Waals surface area contributed by atoms with Gasteiger partial charge in [0.1, 0.15) is 10.6 Å². The number of carboxylic acid groups (broad SMARTS) is 1. The predicted molar refractivity (Wildman–Crippen MR) is 74.2 cm³/mol. The van der Waals surface area contributed by atoms with Crippen molar-refractivity contribution in [1.82, 2.24) is 9.29 Å². The molecular formula is C13H20N2O4S. The fourth-order valence-corrected chi connectivity index (χ4v) is 3.95. The Labute approximate surface area is 118 Å². The molecule has 1 saturated carbocycles. The summed E-state index contributed by atoms with van der Waals surface area (Å²) in [6.45, 7) is 0. The molecule has 1 heterocycles. The molecule has 0 spiro atoms. The smallest absolute Gasteiger partial charge is 0.352 e. The maximum absolute atomic E-state index is 12.3. The Kier molecular flexibility index (Phi) is 4.49. The molecule has 112 valence electrons. The molecule has 0 bridgehead atoms. The summed E-state index contributed by atoms with van der Waals surface area (Å²) >= 11 is 0. The number of aryl methyl sites for hydroxylation is 1. The van der Waals surface area contributed by atoms with Gasteiger partial charge in [0.05, 0.1) is 0 Å². The molecule has 1 aliphatic rings. The van der Waals surface area contributed by atoms with Crippen molar-refractivity contribution in [3.8, 4) is 0 Å². The molecule has 1 fully saturated rings. The summed E-state index contributed by atoms with van der Waals surface area (Å²) in [5.41, 5.74) is -0.0359. The van der Waals surface area contributed by atoms with Crippen molar-refractivity contribution in [3.05, 3.63) is 18.0 Å². The molecule has 1 aliphatic carbocycles. The topological polar surface area (TPSA) is 88.4 Å². The maximum Gasteiger partial charge on any atom is 0.352 e. The summed E-state index contributed by atoms with van der Waals surface area (Å²) in [5.74, 6) is -1.14. The van der Waals surface area contributed by atoms with E-state index < -0.39 is 16.0 Å². The van der Waals surface area contributed by atoms with Crippen molar-refractivity contribution in [2.24, 2.45) is 7.05 Å². The van der Waals surface area contributed by atoms with Gasteiger partial charge in [0.15, 0.2) is 0 Å². The van der Waals surface area contributed by atoms with E-state index in [-0.39, 0.29) is 16.6 Å². The zero-order valence-electron chi connectivity index (χ0n) is 11.5. The van der Waals surface area contributed by atoms with E-state index in [1.807, 2.05) is 0 Å². The molecule has 0 unspecified atom stereocenters. The minimum Gasteiger partial charge on any atom is -0.477 e. The zero-order valence-corrected chi connectivity index (χ0v) is 12.3. The van der Waals surface area contributed by atoms with Gasteiger partial charge in [0.25, 0.3) is 0 Å². The number of carbonyl (C=O) groups is 1. The molecule has 1 aromatic heterocycles. The fraction of sp³-hybridized carbons (Fsp3) is 0.615. The molecule has 0 aliphatic heterocycles. The summed E-state index contributed by atoms with van der Waals surface area (Å²) < 4.78 is 28.6. The molecule has 1 aromatic rings. The van der Waals surface area contributed by atoms with Gasteiger partial charge < -0.3 is 9.67 Å². The second-order valence-electron chi connectivity index (χ2n) is 5.29. The van der Waals surface area contributed by atoms with E-state index in [0.29, 0.717) is 0 Å².